The Kier molecular flexibility index (Phi) is 6.01. The van der Waals surface area contributed by atoms with Crippen LogP contribution in [0.2, 0.25) is 0 Å². The Morgan fingerprint density at radius 1 is 1.58 bits per heavy atom. The zero-order valence-corrected chi connectivity index (χ0v) is 7.47. The van der Waals surface area contributed by atoms with Crippen molar-refractivity contribution >= 4 is 5.91 Å². The summed E-state index contributed by atoms with van der Waals surface area (Å²) in [6, 6.07) is 0. The van der Waals surface area contributed by atoms with Crippen LogP contribution in [0.15, 0.2) is 24.3 Å². The van der Waals surface area contributed by atoms with E-state index in [0.29, 0.717) is 12.8 Å². The van der Waals surface area contributed by atoms with Gasteiger partial charge in [-0.1, -0.05) is 24.3 Å². The Labute approximate surface area is 73.3 Å². The second-order valence-corrected chi connectivity index (χ2v) is 2.51. The van der Waals surface area contributed by atoms with E-state index in [1.807, 2.05) is 13.1 Å². The predicted molar refractivity (Wildman–Crippen MR) is 50.6 cm³/mol. The first-order valence-electron chi connectivity index (χ1n) is 3.95. The summed E-state index contributed by atoms with van der Waals surface area (Å²) in [4.78, 5) is 10.4. The van der Waals surface area contributed by atoms with Crippen molar-refractivity contribution in [3.8, 4) is 0 Å². The van der Waals surface area contributed by atoms with Crippen LogP contribution in [0.4, 0.5) is 0 Å². The number of nitrogens with two attached hydrogens (primary N) is 1. The lowest BCUT2D eigenvalue weighted by Crippen LogP contribution is -2.10. The van der Waals surface area contributed by atoms with Gasteiger partial charge in [0.2, 0.25) is 5.91 Å². The number of nitrogens with one attached hydrogen (secondary N) is 1. The standard InChI is InChI=1S/C9H16N2O/c1-3-8(6-7-11-2)4-5-9(10)12/h3,6,11H,1,4-5,7H2,2H3,(H2,10,12)/b8-6+. The Bertz CT molecular complexity index is 185. The molecule has 0 saturated carbocycles. The highest BCUT2D eigenvalue weighted by Gasteiger charge is 1.95. The number of hydrogen-bond acceptors (Lipinski definition) is 2. The molecule has 68 valence electrons. The maximum absolute atomic E-state index is 10.4. The summed E-state index contributed by atoms with van der Waals surface area (Å²) in [6.45, 7) is 4.44. The van der Waals surface area contributed by atoms with Crippen molar-refractivity contribution in [3.05, 3.63) is 24.3 Å². The van der Waals surface area contributed by atoms with Gasteiger partial charge in [-0.15, -0.1) is 0 Å². The maximum atomic E-state index is 10.4. The van der Waals surface area contributed by atoms with Crippen LogP contribution in [0.5, 0.6) is 0 Å². The fourth-order valence-electron chi connectivity index (χ4n) is 0.788. The molecule has 0 heterocycles. The normalized spacial score (nSPS) is 11.2. The molecule has 0 aliphatic rings. The van der Waals surface area contributed by atoms with Gasteiger partial charge in [0.15, 0.2) is 0 Å². The molecule has 0 aliphatic heterocycles. The summed E-state index contributed by atoms with van der Waals surface area (Å²) in [5.41, 5.74) is 6.07. The van der Waals surface area contributed by atoms with Gasteiger partial charge in [-0.05, 0) is 13.5 Å². The van der Waals surface area contributed by atoms with E-state index in [1.165, 1.54) is 0 Å². The van der Waals surface area contributed by atoms with E-state index >= 15 is 0 Å². The molecule has 0 aromatic heterocycles. The van der Waals surface area contributed by atoms with E-state index in [4.69, 9.17) is 5.73 Å². The van der Waals surface area contributed by atoms with E-state index in [9.17, 15) is 4.79 Å². The Balaban J connectivity index is 3.82. The van der Waals surface area contributed by atoms with Gasteiger partial charge in [-0.25, -0.2) is 0 Å². The van der Waals surface area contributed by atoms with Crippen molar-refractivity contribution in [2.75, 3.05) is 13.6 Å². The lowest BCUT2D eigenvalue weighted by Gasteiger charge is -1.99. The summed E-state index contributed by atoms with van der Waals surface area (Å²) in [6.07, 6.45) is 4.82. The Morgan fingerprint density at radius 2 is 2.25 bits per heavy atom. The molecular formula is C9H16N2O. The van der Waals surface area contributed by atoms with Gasteiger partial charge in [-0.3, -0.25) is 4.79 Å². The van der Waals surface area contributed by atoms with Crippen LogP contribution in [0, 0.1) is 0 Å². The highest BCUT2D eigenvalue weighted by Crippen LogP contribution is 2.04. The minimum absolute atomic E-state index is 0.271. The summed E-state index contributed by atoms with van der Waals surface area (Å²) in [7, 11) is 1.87. The molecule has 0 aromatic rings. The van der Waals surface area contributed by atoms with Crippen LogP contribution in [0.3, 0.4) is 0 Å². The smallest absolute Gasteiger partial charge is 0.217 e. The van der Waals surface area contributed by atoms with Crippen molar-refractivity contribution in [3.63, 3.8) is 0 Å². The number of amides is 1. The second-order valence-electron chi connectivity index (χ2n) is 2.51. The van der Waals surface area contributed by atoms with Gasteiger partial charge >= 0.3 is 0 Å². The lowest BCUT2D eigenvalue weighted by molar-refractivity contribution is -0.117. The molecule has 0 aliphatic carbocycles. The Morgan fingerprint density at radius 3 is 2.67 bits per heavy atom. The quantitative estimate of drug-likeness (QED) is 0.570. The Hall–Kier alpha value is -1.09. The molecule has 0 atom stereocenters. The molecule has 1 amide bonds. The number of likely N-dealkylation sites (N-methyl/N-ethyl adjacent to an activating group) is 1. The fourth-order valence-corrected chi connectivity index (χ4v) is 0.788. The van der Waals surface area contributed by atoms with Crippen molar-refractivity contribution in [1.29, 1.82) is 0 Å². The largest absolute Gasteiger partial charge is 0.370 e. The third kappa shape index (κ3) is 5.68. The summed E-state index contributed by atoms with van der Waals surface area (Å²) < 4.78 is 0. The van der Waals surface area contributed by atoms with Gasteiger partial charge in [0.25, 0.3) is 0 Å². The fraction of sp³-hybridized carbons (Fsp3) is 0.444. The number of carbonyl (C=O) groups excluding carboxylic acids is 1. The first-order valence-corrected chi connectivity index (χ1v) is 3.95. The van der Waals surface area contributed by atoms with E-state index in [1.54, 1.807) is 6.08 Å². The van der Waals surface area contributed by atoms with Crippen LogP contribution in [-0.4, -0.2) is 19.5 Å². The lowest BCUT2D eigenvalue weighted by atomic mass is 10.1. The van der Waals surface area contributed by atoms with Crippen molar-refractivity contribution in [2.45, 2.75) is 12.8 Å². The van der Waals surface area contributed by atoms with Gasteiger partial charge in [0.05, 0.1) is 0 Å². The number of carbonyl (C=O) groups is 1. The zero-order chi connectivity index (χ0) is 9.40. The first-order chi connectivity index (χ1) is 5.70. The third-order valence-electron chi connectivity index (χ3n) is 1.49. The predicted octanol–water partition coefficient (Wildman–Crippen LogP) is 0.584. The molecular weight excluding hydrogens is 152 g/mol. The molecule has 0 fully saturated rings. The molecule has 12 heavy (non-hydrogen) atoms. The topological polar surface area (TPSA) is 55.1 Å². The van der Waals surface area contributed by atoms with E-state index in [2.05, 4.69) is 11.9 Å². The molecule has 3 nitrogen and oxygen atoms in total. The summed E-state index contributed by atoms with van der Waals surface area (Å²) >= 11 is 0. The monoisotopic (exact) mass is 168 g/mol. The van der Waals surface area contributed by atoms with Gasteiger partial charge in [-0.2, -0.15) is 0 Å². The molecule has 0 spiro atoms. The molecule has 0 rings (SSSR count). The molecule has 0 bridgehead atoms. The zero-order valence-electron chi connectivity index (χ0n) is 7.47. The second kappa shape index (κ2) is 6.61. The summed E-state index contributed by atoms with van der Waals surface area (Å²) in [5.74, 6) is -0.271. The van der Waals surface area contributed by atoms with Gasteiger partial charge in [0, 0.05) is 13.0 Å². The molecule has 0 saturated heterocycles. The van der Waals surface area contributed by atoms with Crippen LogP contribution in [0.1, 0.15) is 12.8 Å². The molecule has 0 aromatic carbocycles. The molecule has 0 radical (unpaired) electrons. The first kappa shape index (κ1) is 10.9. The number of primary amides is 1. The molecule has 3 heteroatoms. The average Bonchev–Trinajstić information content (AvgIpc) is 2.05. The van der Waals surface area contributed by atoms with Crippen molar-refractivity contribution in [2.24, 2.45) is 5.73 Å². The van der Waals surface area contributed by atoms with Crippen molar-refractivity contribution in [1.82, 2.24) is 5.32 Å². The van der Waals surface area contributed by atoms with Gasteiger partial charge < -0.3 is 11.1 Å². The molecule has 3 N–H and O–H groups in total. The van der Waals surface area contributed by atoms with E-state index in [-0.39, 0.29) is 5.91 Å². The number of allylic oxidation sites excluding steroid dienone is 2. The number of rotatable bonds is 6. The van der Waals surface area contributed by atoms with Crippen LogP contribution in [-0.2, 0) is 4.79 Å². The van der Waals surface area contributed by atoms with Crippen LogP contribution >= 0.6 is 0 Å². The third-order valence-corrected chi connectivity index (χ3v) is 1.49. The minimum atomic E-state index is -0.271. The van der Waals surface area contributed by atoms with Crippen LogP contribution in [0.25, 0.3) is 0 Å². The van der Waals surface area contributed by atoms with Crippen molar-refractivity contribution < 1.29 is 4.79 Å². The maximum Gasteiger partial charge on any atom is 0.217 e. The SMILES string of the molecule is C=C/C(=C\CNC)CCC(N)=O. The van der Waals surface area contributed by atoms with E-state index < -0.39 is 0 Å². The number of hydrogen-bond donors (Lipinski definition) is 2. The highest BCUT2D eigenvalue weighted by atomic mass is 16.1. The van der Waals surface area contributed by atoms with Crippen LogP contribution < -0.4 is 11.1 Å². The summed E-state index contributed by atoms with van der Waals surface area (Å²) in [5, 5.41) is 2.98. The molecule has 0 unspecified atom stereocenters. The minimum Gasteiger partial charge on any atom is -0.370 e. The highest BCUT2D eigenvalue weighted by molar-refractivity contribution is 5.74. The van der Waals surface area contributed by atoms with Gasteiger partial charge in [0.1, 0.15) is 0 Å². The van der Waals surface area contributed by atoms with E-state index in [0.717, 1.165) is 12.1 Å². The average molecular weight is 168 g/mol.